The van der Waals surface area contributed by atoms with E-state index in [0.717, 1.165) is 58.5 Å². The van der Waals surface area contributed by atoms with Crippen LogP contribution in [0.4, 0.5) is 0 Å². The molecule has 1 N–H and O–H groups in total. The molecule has 3 rings (SSSR count). The van der Waals surface area contributed by atoms with Gasteiger partial charge in [0.05, 0.1) is 5.60 Å². The maximum atomic E-state index is 10.6. The number of hydrogen-bond acceptors (Lipinski definition) is 3. The Morgan fingerprint density at radius 3 is 2.18 bits per heavy atom. The Morgan fingerprint density at radius 1 is 0.864 bits per heavy atom. The number of piperazine rings is 1. The van der Waals surface area contributed by atoms with Crippen molar-refractivity contribution in [1.82, 2.24) is 9.80 Å². The average molecular weight is 302 g/mol. The highest BCUT2D eigenvalue weighted by molar-refractivity contribution is 5.14. The highest BCUT2D eigenvalue weighted by Crippen LogP contribution is 2.31. The van der Waals surface area contributed by atoms with E-state index in [1.807, 2.05) is 0 Å². The zero-order valence-corrected chi connectivity index (χ0v) is 13.7. The fourth-order valence-corrected chi connectivity index (χ4v) is 3.84. The quantitative estimate of drug-likeness (QED) is 0.906. The molecule has 0 amide bonds. The third-order valence-corrected chi connectivity index (χ3v) is 5.39. The van der Waals surface area contributed by atoms with E-state index in [1.165, 1.54) is 24.8 Å². The second-order valence-corrected chi connectivity index (χ2v) is 7.14. The van der Waals surface area contributed by atoms with Crippen molar-refractivity contribution in [2.24, 2.45) is 0 Å². The molecule has 1 aliphatic carbocycles. The first kappa shape index (κ1) is 16.0. The summed E-state index contributed by atoms with van der Waals surface area (Å²) in [4.78, 5) is 5.08. The van der Waals surface area contributed by atoms with Crippen LogP contribution in [-0.2, 0) is 6.54 Å². The van der Waals surface area contributed by atoms with Crippen molar-refractivity contribution >= 4 is 0 Å². The fourth-order valence-electron chi connectivity index (χ4n) is 3.84. The van der Waals surface area contributed by atoms with E-state index >= 15 is 0 Å². The van der Waals surface area contributed by atoms with Crippen LogP contribution in [0.15, 0.2) is 30.3 Å². The molecule has 3 nitrogen and oxygen atoms in total. The molecule has 22 heavy (non-hydrogen) atoms. The first-order valence-electron chi connectivity index (χ1n) is 8.95. The van der Waals surface area contributed by atoms with Crippen LogP contribution in [-0.4, -0.2) is 53.2 Å². The van der Waals surface area contributed by atoms with Gasteiger partial charge in [-0.1, -0.05) is 49.6 Å². The number of benzene rings is 1. The SMILES string of the molecule is OC1(CCN2CCN(Cc3ccccc3)CC2)CCCCC1. The molecule has 0 spiro atoms. The van der Waals surface area contributed by atoms with Crippen LogP contribution in [0.1, 0.15) is 44.1 Å². The molecular formula is C19H30N2O. The molecule has 3 heteroatoms. The van der Waals surface area contributed by atoms with E-state index in [-0.39, 0.29) is 5.60 Å². The van der Waals surface area contributed by atoms with Crippen molar-refractivity contribution in [3.63, 3.8) is 0 Å². The molecule has 0 aromatic heterocycles. The first-order valence-corrected chi connectivity index (χ1v) is 8.95. The highest BCUT2D eigenvalue weighted by atomic mass is 16.3. The Kier molecular flexibility index (Phi) is 5.51. The number of rotatable bonds is 5. The Balaban J connectivity index is 1.38. The Labute approximate surface area is 134 Å². The van der Waals surface area contributed by atoms with Crippen molar-refractivity contribution in [2.45, 2.75) is 50.7 Å². The molecule has 0 unspecified atom stereocenters. The predicted molar refractivity (Wildman–Crippen MR) is 90.8 cm³/mol. The van der Waals surface area contributed by atoms with Crippen molar-refractivity contribution in [3.8, 4) is 0 Å². The van der Waals surface area contributed by atoms with E-state index in [9.17, 15) is 5.11 Å². The fraction of sp³-hybridized carbons (Fsp3) is 0.684. The smallest absolute Gasteiger partial charge is 0.0660 e. The van der Waals surface area contributed by atoms with Crippen LogP contribution in [0, 0.1) is 0 Å². The first-order chi connectivity index (χ1) is 10.7. The Hall–Kier alpha value is -0.900. The van der Waals surface area contributed by atoms with E-state index < -0.39 is 0 Å². The van der Waals surface area contributed by atoms with E-state index in [4.69, 9.17) is 0 Å². The van der Waals surface area contributed by atoms with Gasteiger partial charge in [-0.15, -0.1) is 0 Å². The van der Waals surface area contributed by atoms with Gasteiger partial charge in [-0.3, -0.25) is 4.90 Å². The van der Waals surface area contributed by atoms with Crippen LogP contribution in [0.3, 0.4) is 0 Å². The number of aliphatic hydroxyl groups is 1. The van der Waals surface area contributed by atoms with Gasteiger partial charge < -0.3 is 10.0 Å². The lowest BCUT2D eigenvalue weighted by molar-refractivity contribution is -0.0151. The minimum Gasteiger partial charge on any atom is -0.390 e. The summed E-state index contributed by atoms with van der Waals surface area (Å²) in [5.74, 6) is 0. The lowest BCUT2D eigenvalue weighted by Crippen LogP contribution is -2.47. The third-order valence-electron chi connectivity index (χ3n) is 5.39. The molecule has 1 aromatic carbocycles. The van der Waals surface area contributed by atoms with Crippen LogP contribution >= 0.6 is 0 Å². The minimum absolute atomic E-state index is 0.362. The standard InChI is InChI=1S/C19H30N2O/c22-19(9-5-2-6-10-19)11-12-20-13-15-21(16-14-20)17-18-7-3-1-4-8-18/h1,3-4,7-8,22H,2,5-6,9-17H2. The number of nitrogens with zero attached hydrogens (tertiary/aromatic N) is 2. The summed E-state index contributed by atoms with van der Waals surface area (Å²) in [5.41, 5.74) is 1.05. The van der Waals surface area contributed by atoms with Crippen molar-refractivity contribution in [3.05, 3.63) is 35.9 Å². The zero-order chi connectivity index (χ0) is 15.3. The Bertz CT molecular complexity index is 434. The van der Waals surface area contributed by atoms with Crippen molar-refractivity contribution < 1.29 is 5.11 Å². The topological polar surface area (TPSA) is 26.7 Å². The van der Waals surface area contributed by atoms with Crippen LogP contribution in [0.2, 0.25) is 0 Å². The molecule has 0 atom stereocenters. The Morgan fingerprint density at radius 2 is 1.50 bits per heavy atom. The number of hydrogen-bond donors (Lipinski definition) is 1. The summed E-state index contributed by atoms with van der Waals surface area (Å²) in [6.07, 6.45) is 6.72. The van der Waals surface area contributed by atoms with Gasteiger partial charge in [0.25, 0.3) is 0 Å². The van der Waals surface area contributed by atoms with Gasteiger partial charge in [0, 0.05) is 39.3 Å². The molecule has 1 saturated heterocycles. The van der Waals surface area contributed by atoms with Gasteiger partial charge in [-0.2, -0.15) is 0 Å². The molecule has 1 aliphatic heterocycles. The van der Waals surface area contributed by atoms with Gasteiger partial charge in [0.2, 0.25) is 0 Å². The maximum Gasteiger partial charge on any atom is 0.0660 e. The summed E-state index contributed by atoms with van der Waals surface area (Å²) >= 11 is 0. The second kappa shape index (κ2) is 7.58. The lowest BCUT2D eigenvalue weighted by atomic mass is 9.82. The third kappa shape index (κ3) is 4.55. The van der Waals surface area contributed by atoms with Crippen LogP contribution in [0.5, 0.6) is 0 Å². The molecule has 1 saturated carbocycles. The summed E-state index contributed by atoms with van der Waals surface area (Å²) in [7, 11) is 0. The summed E-state index contributed by atoms with van der Waals surface area (Å²) in [6, 6.07) is 10.8. The minimum atomic E-state index is -0.362. The van der Waals surface area contributed by atoms with E-state index in [2.05, 4.69) is 40.1 Å². The molecular weight excluding hydrogens is 272 g/mol. The highest BCUT2D eigenvalue weighted by Gasteiger charge is 2.29. The molecule has 0 bridgehead atoms. The van der Waals surface area contributed by atoms with Gasteiger partial charge >= 0.3 is 0 Å². The summed E-state index contributed by atoms with van der Waals surface area (Å²) in [6.45, 7) is 6.71. The molecule has 122 valence electrons. The van der Waals surface area contributed by atoms with Gasteiger partial charge in [-0.25, -0.2) is 0 Å². The van der Waals surface area contributed by atoms with Crippen LogP contribution < -0.4 is 0 Å². The predicted octanol–water partition coefficient (Wildman–Crippen LogP) is 2.89. The molecule has 1 aromatic rings. The van der Waals surface area contributed by atoms with E-state index in [0.29, 0.717) is 0 Å². The molecule has 1 heterocycles. The van der Waals surface area contributed by atoms with Crippen LogP contribution in [0.25, 0.3) is 0 Å². The van der Waals surface area contributed by atoms with E-state index in [1.54, 1.807) is 0 Å². The second-order valence-electron chi connectivity index (χ2n) is 7.14. The lowest BCUT2D eigenvalue weighted by Gasteiger charge is -2.38. The van der Waals surface area contributed by atoms with Gasteiger partial charge in [0.15, 0.2) is 0 Å². The van der Waals surface area contributed by atoms with Gasteiger partial charge in [-0.05, 0) is 24.8 Å². The van der Waals surface area contributed by atoms with Crippen molar-refractivity contribution in [1.29, 1.82) is 0 Å². The summed E-state index contributed by atoms with van der Waals surface area (Å²) in [5, 5.41) is 10.6. The van der Waals surface area contributed by atoms with Gasteiger partial charge in [0.1, 0.15) is 0 Å². The maximum absolute atomic E-state index is 10.6. The molecule has 2 fully saturated rings. The average Bonchev–Trinajstić information content (AvgIpc) is 2.56. The van der Waals surface area contributed by atoms with Crippen molar-refractivity contribution in [2.75, 3.05) is 32.7 Å². The largest absolute Gasteiger partial charge is 0.390 e. The normalized spacial score (nSPS) is 23.5. The summed E-state index contributed by atoms with van der Waals surface area (Å²) < 4.78 is 0. The molecule has 0 radical (unpaired) electrons. The monoisotopic (exact) mass is 302 g/mol. The zero-order valence-electron chi connectivity index (χ0n) is 13.7. The molecule has 2 aliphatic rings.